The molecule has 0 aliphatic rings. The number of hydrogen-bond donors (Lipinski definition) is 3. The van der Waals surface area contributed by atoms with Gasteiger partial charge >= 0.3 is 0 Å². The Balaban J connectivity index is 3.02. The van der Waals surface area contributed by atoms with Crippen LogP contribution in [0, 0.1) is 0 Å². The van der Waals surface area contributed by atoms with E-state index in [-0.39, 0.29) is 0 Å². The summed E-state index contributed by atoms with van der Waals surface area (Å²) in [5, 5.41) is 16.6. The maximum Gasteiger partial charge on any atom is 0.273 e. The zero-order valence-electron chi connectivity index (χ0n) is 7.47. The zero-order valence-corrected chi connectivity index (χ0v) is 8.47. The molecule has 0 saturated heterocycles. The summed E-state index contributed by atoms with van der Waals surface area (Å²) in [6.07, 6.45) is 6.22. The molecular formula is C7H21N3Si. The molecule has 0 aromatic rings. The van der Waals surface area contributed by atoms with E-state index in [1.807, 2.05) is 0 Å². The van der Waals surface area contributed by atoms with E-state index in [1.54, 1.807) is 0 Å². The third-order valence-corrected chi connectivity index (χ3v) is 2.93. The second kappa shape index (κ2) is 5.71. The van der Waals surface area contributed by atoms with E-state index in [0.717, 1.165) is 12.5 Å². The van der Waals surface area contributed by atoms with Gasteiger partial charge in [-0.3, -0.25) is 0 Å². The Labute approximate surface area is 70.6 Å². The molecule has 0 aromatic heterocycles. The minimum Gasteiger partial charge on any atom is -0.327 e. The van der Waals surface area contributed by atoms with E-state index in [1.165, 1.54) is 25.7 Å². The van der Waals surface area contributed by atoms with Gasteiger partial charge in [0.2, 0.25) is 0 Å². The molecule has 0 heterocycles. The van der Waals surface area contributed by atoms with Crippen molar-refractivity contribution >= 4 is 8.56 Å². The van der Waals surface area contributed by atoms with Crippen LogP contribution in [0.4, 0.5) is 0 Å². The van der Waals surface area contributed by atoms with Crippen LogP contribution in [-0.4, -0.2) is 8.56 Å². The highest BCUT2D eigenvalue weighted by Gasteiger charge is 2.15. The molecule has 0 amide bonds. The quantitative estimate of drug-likeness (QED) is 0.412. The first kappa shape index (κ1) is 11.1. The fourth-order valence-corrected chi connectivity index (χ4v) is 1.90. The molecule has 0 aliphatic carbocycles. The van der Waals surface area contributed by atoms with Gasteiger partial charge in [-0.05, 0) is 6.04 Å². The van der Waals surface area contributed by atoms with Gasteiger partial charge in [0.15, 0.2) is 0 Å². The van der Waals surface area contributed by atoms with Crippen molar-refractivity contribution in [3.05, 3.63) is 0 Å². The van der Waals surface area contributed by atoms with Crippen LogP contribution in [0.15, 0.2) is 0 Å². The van der Waals surface area contributed by atoms with Crippen LogP contribution in [-0.2, 0) is 0 Å². The smallest absolute Gasteiger partial charge is 0.273 e. The van der Waals surface area contributed by atoms with Crippen molar-refractivity contribution in [2.75, 3.05) is 0 Å². The van der Waals surface area contributed by atoms with Gasteiger partial charge in [0.25, 0.3) is 8.56 Å². The topological polar surface area (TPSA) is 78.1 Å². The van der Waals surface area contributed by atoms with Gasteiger partial charge in [-0.15, -0.1) is 0 Å². The summed E-state index contributed by atoms with van der Waals surface area (Å²) in [6, 6.07) is 0.858. The second-order valence-electron chi connectivity index (χ2n) is 3.28. The van der Waals surface area contributed by atoms with E-state index in [0.29, 0.717) is 0 Å². The first-order valence-corrected chi connectivity index (χ1v) is 6.87. The first-order chi connectivity index (χ1) is 5.06. The van der Waals surface area contributed by atoms with Crippen molar-refractivity contribution in [3.63, 3.8) is 0 Å². The van der Waals surface area contributed by atoms with Gasteiger partial charge in [-0.25, -0.2) is 0 Å². The maximum absolute atomic E-state index is 5.54. The monoisotopic (exact) mass is 175 g/mol. The molecule has 11 heavy (non-hydrogen) atoms. The number of rotatable bonds is 6. The summed E-state index contributed by atoms with van der Waals surface area (Å²) in [5.41, 5.74) is 0. The molecule has 4 heteroatoms. The highest BCUT2D eigenvalue weighted by molar-refractivity contribution is 6.70. The predicted octanol–water partition coefficient (Wildman–Crippen LogP) is 0.772. The van der Waals surface area contributed by atoms with Crippen molar-refractivity contribution in [1.29, 1.82) is 0 Å². The predicted molar refractivity (Wildman–Crippen MR) is 51.9 cm³/mol. The van der Waals surface area contributed by atoms with Gasteiger partial charge in [0.1, 0.15) is 0 Å². The summed E-state index contributed by atoms with van der Waals surface area (Å²) in [4.78, 5) is 0. The van der Waals surface area contributed by atoms with Crippen molar-refractivity contribution < 1.29 is 0 Å². The van der Waals surface area contributed by atoms with Gasteiger partial charge in [0, 0.05) is 0 Å². The number of unbranched alkanes of at least 4 members (excludes halogenated alkanes) is 4. The van der Waals surface area contributed by atoms with Gasteiger partial charge in [0.05, 0.1) is 0 Å². The van der Waals surface area contributed by atoms with Gasteiger partial charge in [-0.1, -0.05) is 39.0 Å². The normalized spacial score (nSPS) is 12.0. The first-order valence-electron chi connectivity index (χ1n) is 4.43. The summed E-state index contributed by atoms with van der Waals surface area (Å²) < 4.78 is 0. The third-order valence-electron chi connectivity index (χ3n) is 1.71. The number of hydrogen-bond acceptors (Lipinski definition) is 3. The molecular weight excluding hydrogens is 154 g/mol. The van der Waals surface area contributed by atoms with Crippen molar-refractivity contribution in [2.24, 2.45) is 16.2 Å². The van der Waals surface area contributed by atoms with Crippen LogP contribution in [0.25, 0.3) is 0 Å². The van der Waals surface area contributed by atoms with Crippen molar-refractivity contribution in [2.45, 2.75) is 45.1 Å². The lowest BCUT2D eigenvalue weighted by Crippen LogP contribution is -2.64. The van der Waals surface area contributed by atoms with Gasteiger partial charge in [-0.2, -0.15) is 0 Å². The number of nitrogens with two attached hydrogens (primary N) is 3. The molecule has 0 aromatic carbocycles. The van der Waals surface area contributed by atoms with E-state index in [4.69, 9.17) is 16.2 Å². The molecule has 0 atom stereocenters. The molecule has 0 saturated carbocycles. The van der Waals surface area contributed by atoms with Crippen LogP contribution < -0.4 is 16.2 Å². The highest BCUT2D eigenvalue weighted by atomic mass is 28.4. The standard InChI is InChI=1S/C7H21N3Si/c1-2-3-4-5-6-7-11(8,9)10/h2-10H2,1H3. The lowest BCUT2D eigenvalue weighted by molar-refractivity contribution is 0.651. The van der Waals surface area contributed by atoms with E-state index in [9.17, 15) is 0 Å². The lowest BCUT2D eigenvalue weighted by Gasteiger charge is -2.13. The summed E-state index contributed by atoms with van der Waals surface area (Å²) in [7, 11) is -2.22. The Kier molecular flexibility index (Phi) is 5.76. The SMILES string of the molecule is CCCCCCC[Si](N)(N)N. The Morgan fingerprint density at radius 3 is 1.91 bits per heavy atom. The average Bonchev–Trinajstić information content (AvgIpc) is 1.85. The molecule has 3 nitrogen and oxygen atoms in total. The molecule has 68 valence electrons. The molecule has 0 spiro atoms. The third kappa shape index (κ3) is 10.1. The Hall–Kier alpha value is 0.0969. The Morgan fingerprint density at radius 2 is 1.45 bits per heavy atom. The largest absolute Gasteiger partial charge is 0.327 e. The van der Waals surface area contributed by atoms with Crippen LogP contribution >= 0.6 is 0 Å². The minimum atomic E-state index is -2.22. The highest BCUT2D eigenvalue weighted by Crippen LogP contribution is 2.06. The van der Waals surface area contributed by atoms with Crippen LogP contribution in [0.1, 0.15) is 39.0 Å². The summed E-state index contributed by atoms with van der Waals surface area (Å²) in [5.74, 6) is 0. The fraction of sp³-hybridized carbons (Fsp3) is 1.00. The molecule has 0 unspecified atom stereocenters. The summed E-state index contributed by atoms with van der Waals surface area (Å²) in [6.45, 7) is 2.20. The Bertz CT molecular complexity index is 90.2. The van der Waals surface area contributed by atoms with Crippen LogP contribution in [0.5, 0.6) is 0 Å². The van der Waals surface area contributed by atoms with Crippen molar-refractivity contribution in [3.8, 4) is 0 Å². The molecule has 6 N–H and O–H groups in total. The van der Waals surface area contributed by atoms with Crippen LogP contribution in [0.3, 0.4) is 0 Å². The average molecular weight is 175 g/mol. The minimum absolute atomic E-state index is 0.858. The molecule has 0 radical (unpaired) electrons. The fourth-order valence-electron chi connectivity index (χ4n) is 1.03. The molecule has 0 aliphatic heterocycles. The second-order valence-corrected chi connectivity index (χ2v) is 6.00. The van der Waals surface area contributed by atoms with Crippen LogP contribution in [0.2, 0.25) is 6.04 Å². The van der Waals surface area contributed by atoms with E-state index in [2.05, 4.69) is 6.92 Å². The zero-order chi connectivity index (χ0) is 8.74. The van der Waals surface area contributed by atoms with E-state index >= 15 is 0 Å². The molecule has 0 fully saturated rings. The lowest BCUT2D eigenvalue weighted by atomic mass is 10.2. The van der Waals surface area contributed by atoms with Gasteiger partial charge < -0.3 is 16.2 Å². The maximum atomic E-state index is 5.54. The van der Waals surface area contributed by atoms with E-state index < -0.39 is 8.56 Å². The van der Waals surface area contributed by atoms with Crippen molar-refractivity contribution in [1.82, 2.24) is 0 Å². The Morgan fingerprint density at radius 1 is 0.909 bits per heavy atom. The molecule has 0 bridgehead atoms. The summed E-state index contributed by atoms with van der Waals surface area (Å²) >= 11 is 0. The molecule has 0 rings (SSSR count).